The molecule has 0 aliphatic carbocycles. The second-order valence-electron chi connectivity index (χ2n) is 1.49. The Hall–Kier alpha value is 1.38. The van der Waals surface area contributed by atoms with Crippen molar-refractivity contribution >= 4 is 45.2 Å². The molecule has 0 aromatic heterocycles. The van der Waals surface area contributed by atoms with E-state index in [-0.39, 0.29) is 6.61 Å². The quantitative estimate of drug-likeness (QED) is 0.599. The maximum absolute atomic E-state index is 9.01. The normalized spacial score (nSPS) is 12.0. The molecule has 0 rings (SSSR count). The molecule has 0 fully saturated rings. The number of halogens is 2. The van der Waals surface area contributed by atoms with Crippen LogP contribution < -0.4 is 0 Å². The zero-order valence-corrected chi connectivity index (χ0v) is 8.59. The van der Waals surface area contributed by atoms with Gasteiger partial charge in [-0.3, -0.25) is 0 Å². The van der Waals surface area contributed by atoms with E-state index in [4.69, 9.17) is 10.2 Å². The van der Waals surface area contributed by atoms with E-state index in [0.29, 0.717) is 12.8 Å². The molecule has 0 heterocycles. The van der Waals surface area contributed by atoms with E-state index in [1.165, 1.54) is 0 Å². The predicted octanol–water partition coefficient (Wildman–Crippen LogP) is 1.27. The van der Waals surface area contributed by atoms with E-state index in [9.17, 15) is 0 Å². The summed E-state index contributed by atoms with van der Waals surface area (Å²) in [7, 11) is 0. The van der Waals surface area contributed by atoms with Crippen LogP contribution in [0.2, 0.25) is 0 Å². The smallest absolute Gasteiger partial charge is 0.166 e. The van der Waals surface area contributed by atoms with Crippen LogP contribution in [-0.2, 0) is 0 Å². The van der Waals surface area contributed by atoms with Crippen LogP contribution in [0.1, 0.15) is 12.8 Å². The minimum absolute atomic E-state index is 0.161. The highest BCUT2D eigenvalue weighted by Crippen LogP contribution is 2.28. The Balaban J connectivity index is 3.11. The van der Waals surface area contributed by atoms with Crippen molar-refractivity contribution in [2.24, 2.45) is 0 Å². The molecule has 2 nitrogen and oxygen atoms in total. The molecular formula is C4H8I2O2. The Morgan fingerprint density at radius 2 is 1.88 bits per heavy atom. The van der Waals surface area contributed by atoms with Crippen molar-refractivity contribution in [1.29, 1.82) is 0 Å². The Morgan fingerprint density at radius 1 is 1.38 bits per heavy atom. The highest BCUT2D eigenvalue weighted by molar-refractivity contribution is 14.2. The SMILES string of the molecule is OCCCC(O)(I)I. The van der Waals surface area contributed by atoms with Gasteiger partial charge in [0.25, 0.3) is 0 Å². The number of aliphatic hydroxyl groups is 2. The average molecular weight is 342 g/mol. The highest BCUT2D eigenvalue weighted by atomic mass is 127. The Bertz CT molecular complexity index is 59.5. The van der Waals surface area contributed by atoms with Gasteiger partial charge in [0, 0.05) is 6.61 Å². The van der Waals surface area contributed by atoms with Crippen molar-refractivity contribution in [2.75, 3.05) is 6.61 Å². The summed E-state index contributed by atoms with van der Waals surface area (Å²) < 4.78 is -0.668. The molecule has 50 valence electrons. The number of hydrogen-bond acceptors (Lipinski definition) is 2. The Morgan fingerprint density at radius 3 is 2.00 bits per heavy atom. The monoisotopic (exact) mass is 342 g/mol. The second kappa shape index (κ2) is 4.24. The van der Waals surface area contributed by atoms with Gasteiger partial charge in [-0.25, -0.2) is 0 Å². The van der Waals surface area contributed by atoms with Gasteiger partial charge in [-0.05, 0) is 58.0 Å². The molecule has 0 radical (unpaired) electrons. The minimum atomic E-state index is -0.668. The van der Waals surface area contributed by atoms with Gasteiger partial charge in [0.05, 0.1) is 0 Å². The zero-order chi connectivity index (χ0) is 6.62. The first-order valence-electron chi connectivity index (χ1n) is 2.27. The van der Waals surface area contributed by atoms with Crippen molar-refractivity contribution in [3.8, 4) is 0 Å². The fraction of sp³-hybridized carbons (Fsp3) is 1.00. The molecule has 0 unspecified atom stereocenters. The summed E-state index contributed by atoms with van der Waals surface area (Å²) in [6.45, 7) is 0.161. The molecule has 8 heavy (non-hydrogen) atoms. The molecule has 0 bridgehead atoms. The summed E-state index contributed by atoms with van der Waals surface area (Å²) in [6, 6.07) is 0. The third-order valence-corrected chi connectivity index (χ3v) is 1.71. The van der Waals surface area contributed by atoms with Crippen LogP contribution >= 0.6 is 45.2 Å². The standard InChI is InChI=1S/C4H8I2O2/c5-4(6,8)2-1-3-7/h7-8H,1-3H2. The van der Waals surface area contributed by atoms with Crippen molar-refractivity contribution in [2.45, 2.75) is 14.5 Å². The van der Waals surface area contributed by atoms with Crippen LogP contribution in [-0.4, -0.2) is 18.4 Å². The summed E-state index contributed by atoms with van der Waals surface area (Å²) in [4.78, 5) is 0. The van der Waals surface area contributed by atoms with Crippen LogP contribution in [0.5, 0.6) is 0 Å². The lowest BCUT2D eigenvalue weighted by Crippen LogP contribution is -2.08. The molecule has 0 aromatic carbocycles. The van der Waals surface area contributed by atoms with Gasteiger partial charge in [-0.2, -0.15) is 0 Å². The molecule has 0 aromatic rings. The summed E-state index contributed by atoms with van der Waals surface area (Å²) in [5, 5.41) is 17.3. The molecule has 2 N–H and O–H groups in total. The summed E-state index contributed by atoms with van der Waals surface area (Å²) in [5.74, 6) is 0. The number of aliphatic hydroxyl groups excluding tert-OH is 1. The van der Waals surface area contributed by atoms with Gasteiger partial charge in [0.15, 0.2) is 1.61 Å². The van der Waals surface area contributed by atoms with E-state index in [2.05, 4.69) is 0 Å². The maximum Gasteiger partial charge on any atom is 0.166 e. The van der Waals surface area contributed by atoms with E-state index in [1.54, 1.807) is 0 Å². The molecule has 0 saturated carbocycles. The lowest BCUT2D eigenvalue weighted by molar-refractivity contribution is 0.220. The van der Waals surface area contributed by atoms with Crippen LogP contribution in [0.15, 0.2) is 0 Å². The molecule has 0 aliphatic heterocycles. The first-order chi connectivity index (χ1) is 3.56. The van der Waals surface area contributed by atoms with Gasteiger partial charge in [-0.1, -0.05) is 0 Å². The van der Waals surface area contributed by atoms with Gasteiger partial charge in [-0.15, -0.1) is 0 Å². The van der Waals surface area contributed by atoms with Gasteiger partial charge >= 0.3 is 0 Å². The first-order valence-corrected chi connectivity index (χ1v) is 4.43. The van der Waals surface area contributed by atoms with E-state index in [0.717, 1.165) is 0 Å². The molecule has 0 saturated heterocycles. The largest absolute Gasteiger partial charge is 0.396 e. The van der Waals surface area contributed by atoms with Gasteiger partial charge in [0.1, 0.15) is 0 Å². The van der Waals surface area contributed by atoms with Crippen molar-refractivity contribution in [1.82, 2.24) is 0 Å². The van der Waals surface area contributed by atoms with Crippen molar-refractivity contribution < 1.29 is 10.2 Å². The zero-order valence-electron chi connectivity index (χ0n) is 4.27. The minimum Gasteiger partial charge on any atom is -0.396 e. The fourth-order valence-electron chi connectivity index (χ4n) is 0.292. The summed E-state index contributed by atoms with van der Waals surface area (Å²) in [6.07, 6.45) is 1.31. The predicted molar refractivity (Wildman–Crippen MR) is 49.3 cm³/mol. The maximum atomic E-state index is 9.01. The summed E-state index contributed by atoms with van der Waals surface area (Å²) in [5.41, 5.74) is 0. The summed E-state index contributed by atoms with van der Waals surface area (Å²) >= 11 is 3.86. The van der Waals surface area contributed by atoms with Crippen LogP contribution in [0.4, 0.5) is 0 Å². The lowest BCUT2D eigenvalue weighted by Gasteiger charge is -2.10. The van der Waals surface area contributed by atoms with Crippen molar-refractivity contribution in [3.63, 3.8) is 0 Å². The Kier molecular flexibility index (Phi) is 4.97. The van der Waals surface area contributed by atoms with Crippen molar-refractivity contribution in [3.05, 3.63) is 0 Å². The molecule has 0 aliphatic rings. The lowest BCUT2D eigenvalue weighted by atomic mass is 10.3. The topological polar surface area (TPSA) is 40.5 Å². The third-order valence-electron chi connectivity index (χ3n) is 0.636. The van der Waals surface area contributed by atoms with Gasteiger partial charge < -0.3 is 10.2 Å². The van der Waals surface area contributed by atoms with Crippen LogP contribution in [0.25, 0.3) is 0 Å². The fourth-order valence-corrected chi connectivity index (χ4v) is 1.05. The average Bonchev–Trinajstić information content (AvgIpc) is 1.59. The third kappa shape index (κ3) is 7.38. The first kappa shape index (κ1) is 9.38. The van der Waals surface area contributed by atoms with Crippen LogP contribution in [0, 0.1) is 0 Å². The van der Waals surface area contributed by atoms with Gasteiger partial charge in [0.2, 0.25) is 0 Å². The molecule has 0 spiro atoms. The van der Waals surface area contributed by atoms with E-state index < -0.39 is 1.61 Å². The molecular weight excluding hydrogens is 334 g/mol. The van der Waals surface area contributed by atoms with E-state index in [1.807, 2.05) is 45.2 Å². The number of rotatable bonds is 3. The Labute approximate surface area is 75.9 Å². The second-order valence-corrected chi connectivity index (χ2v) is 7.13. The number of hydrogen-bond donors (Lipinski definition) is 2. The molecule has 0 amide bonds. The van der Waals surface area contributed by atoms with E-state index >= 15 is 0 Å². The van der Waals surface area contributed by atoms with Crippen LogP contribution in [0.3, 0.4) is 0 Å². The molecule has 4 heteroatoms. The molecule has 0 atom stereocenters. The highest BCUT2D eigenvalue weighted by Gasteiger charge is 2.15. The number of alkyl halides is 2.